The molecule has 0 aliphatic carbocycles. The van der Waals surface area contributed by atoms with Gasteiger partial charge in [-0.15, -0.1) is 0 Å². The van der Waals surface area contributed by atoms with Gasteiger partial charge in [0.25, 0.3) is 0 Å². The molecule has 3 heteroatoms. The molecule has 1 heterocycles. The number of carbonyl (C=O) groups excluding carboxylic acids is 1. The first-order valence-electron chi connectivity index (χ1n) is 6.15. The van der Waals surface area contributed by atoms with Gasteiger partial charge in [0.15, 0.2) is 6.29 Å². The highest BCUT2D eigenvalue weighted by atomic mass is 35.5. The lowest BCUT2D eigenvalue weighted by molar-refractivity contribution is 0.112. The Morgan fingerprint density at radius 2 is 2.18 bits per heavy atom. The van der Waals surface area contributed by atoms with Crippen molar-refractivity contribution in [3.63, 3.8) is 0 Å². The molecule has 1 saturated heterocycles. The van der Waals surface area contributed by atoms with Crippen molar-refractivity contribution in [2.24, 2.45) is 5.92 Å². The Morgan fingerprint density at radius 1 is 1.41 bits per heavy atom. The Morgan fingerprint density at radius 3 is 2.88 bits per heavy atom. The zero-order chi connectivity index (χ0) is 12.4. The van der Waals surface area contributed by atoms with Crippen LogP contribution >= 0.6 is 11.6 Å². The van der Waals surface area contributed by atoms with Crippen molar-refractivity contribution >= 4 is 23.6 Å². The Balaban J connectivity index is 2.39. The van der Waals surface area contributed by atoms with Crippen molar-refractivity contribution in [1.29, 1.82) is 0 Å². The highest BCUT2D eigenvalue weighted by Gasteiger charge is 2.26. The molecule has 2 rings (SSSR count). The standard InChI is InChI=1S/C14H18ClNO/c1-10-5-4-8-16(11(10)2)14-7-3-6-13(15)12(14)9-17/h3,6-7,9-11H,4-5,8H2,1-2H3. The van der Waals surface area contributed by atoms with Crippen LogP contribution < -0.4 is 4.90 Å². The Kier molecular flexibility index (Phi) is 3.72. The van der Waals surface area contributed by atoms with Gasteiger partial charge in [0, 0.05) is 18.3 Å². The number of carbonyl (C=O) groups is 1. The van der Waals surface area contributed by atoms with E-state index >= 15 is 0 Å². The van der Waals surface area contributed by atoms with E-state index in [1.54, 1.807) is 6.07 Å². The third-order valence-corrected chi connectivity index (χ3v) is 4.16. The van der Waals surface area contributed by atoms with Gasteiger partial charge < -0.3 is 4.90 Å². The van der Waals surface area contributed by atoms with E-state index in [-0.39, 0.29) is 0 Å². The molecule has 1 aliphatic rings. The van der Waals surface area contributed by atoms with E-state index < -0.39 is 0 Å². The van der Waals surface area contributed by atoms with Gasteiger partial charge in [0.05, 0.1) is 10.6 Å². The number of anilines is 1. The number of aldehydes is 1. The topological polar surface area (TPSA) is 20.3 Å². The van der Waals surface area contributed by atoms with Crippen LogP contribution in [0.5, 0.6) is 0 Å². The molecule has 1 aliphatic heterocycles. The molecule has 0 spiro atoms. The monoisotopic (exact) mass is 251 g/mol. The Bertz CT molecular complexity index is 419. The van der Waals surface area contributed by atoms with E-state index in [2.05, 4.69) is 18.7 Å². The molecule has 0 bridgehead atoms. The maximum absolute atomic E-state index is 11.2. The second kappa shape index (κ2) is 5.09. The van der Waals surface area contributed by atoms with Gasteiger partial charge in [-0.2, -0.15) is 0 Å². The third-order valence-electron chi connectivity index (χ3n) is 3.83. The molecule has 0 amide bonds. The highest BCUT2D eigenvalue weighted by molar-refractivity contribution is 6.33. The zero-order valence-electron chi connectivity index (χ0n) is 10.3. The van der Waals surface area contributed by atoms with Crippen molar-refractivity contribution in [3.8, 4) is 0 Å². The molecule has 2 nitrogen and oxygen atoms in total. The molecule has 2 unspecified atom stereocenters. The quantitative estimate of drug-likeness (QED) is 0.746. The molecule has 0 aromatic heterocycles. The average molecular weight is 252 g/mol. The van der Waals surface area contributed by atoms with Crippen LogP contribution in [0.25, 0.3) is 0 Å². The summed E-state index contributed by atoms with van der Waals surface area (Å²) in [7, 11) is 0. The van der Waals surface area contributed by atoms with E-state index in [0.717, 1.165) is 18.5 Å². The first-order valence-corrected chi connectivity index (χ1v) is 6.53. The highest BCUT2D eigenvalue weighted by Crippen LogP contribution is 2.32. The fourth-order valence-corrected chi connectivity index (χ4v) is 2.78. The largest absolute Gasteiger partial charge is 0.368 e. The smallest absolute Gasteiger partial charge is 0.153 e. The minimum Gasteiger partial charge on any atom is -0.368 e. The van der Waals surface area contributed by atoms with E-state index in [0.29, 0.717) is 22.5 Å². The SMILES string of the molecule is CC1CCCN(c2cccc(Cl)c2C=O)C1C. The number of nitrogens with zero attached hydrogens (tertiary/aromatic N) is 1. The number of halogens is 1. The molecular formula is C14H18ClNO. The predicted octanol–water partition coefficient (Wildman–Crippen LogP) is 3.78. The molecule has 1 fully saturated rings. The molecule has 92 valence electrons. The maximum atomic E-state index is 11.2. The second-order valence-corrected chi connectivity index (χ2v) is 5.25. The van der Waals surface area contributed by atoms with Gasteiger partial charge in [-0.05, 0) is 37.8 Å². The average Bonchev–Trinajstić information content (AvgIpc) is 2.32. The van der Waals surface area contributed by atoms with Crippen LogP contribution in [0.4, 0.5) is 5.69 Å². The van der Waals surface area contributed by atoms with Gasteiger partial charge in [0.1, 0.15) is 0 Å². The summed E-state index contributed by atoms with van der Waals surface area (Å²) in [6.45, 7) is 5.49. The number of piperidine rings is 1. The van der Waals surface area contributed by atoms with Gasteiger partial charge in [-0.3, -0.25) is 4.79 Å². The summed E-state index contributed by atoms with van der Waals surface area (Å²) in [6, 6.07) is 6.13. The van der Waals surface area contributed by atoms with Crippen LogP contribution in [-0.2, 0) is 0 Å². The van der Waals surface area contributed by atoms with E-state index in [1.165, 1.54) is 12.8 Å². The van der Waals surface area contributed by atoms with E-state index in [9.17, 15) is 4.79 Å². The normalized spacial score (nSPS) is 24.8. The fourth-order valence-electron chi connectivity index (χ4n) is 2.57. The Hall–Kier alpha value is -1.02. The van der Waals surface area contributed by atoms with Crippen molar-refractivity contribution in [2.75, 3.05) is 11.4 Å². The molecule has 1 aromatic carbocycles. The summed E-state index contributed by atoms with van der Waals surface area (Å²) in [4.78, 5) is 13.5. The van der Waals surface area contributed by atoms with Gasteiger partial charge >= 0.3 is 0 Å². The predicted molar refractivity (Wildman–Crippen MR) is 72.0 cm³/mol. The van der Waals surface area contributed by atoms with Crippen LogP contribution in [0, 0.1) is 5.92 Å². The zero-order valence-corrected chi connectivity index (χ0v) is 11.1. The Labute approximate surface area is 108 Å². The molecule has 0 saturated carbocycles. The first kappa shape index (κ1) is 12.4. The number of rotatable bonds is 2. The second-order valence-electron chi connectivity index (χ2n) is 4.84. The lowest BCUT2D eigenvalue weighted by atomic mass is 9.91. The van der Waals surface area contributed by atoms with Crippen LogP contribution in [0.3, 0.4) is 0 Å². The summed E-state index contributed by atoms with van der Waals surface area (Å²) in [5.41, 5.74) is 1.60. The minimum atomic E-state index is 0.459. The van der Waals surface area contributed by atoms with Crippen LogP contribution in [0.2, 0.25) is 5.02 Å². The van der Waals surface area contributed by atoms with Crippen molar-refractivity contribution in [1.82, 2.24) is 0 Å². The van der Waals surface area contributed by atoms with Crippen LogP contribution in [-0.4, -0.2) is 18.9 Å². The van der Waals surface area contributed by atoms with Crippen LogP contribution in [0.15, 0.2) is 18.2 Å². The molecule has 17 heavy (non-hydrogen) atoms. The van der Waals surface area contributed by atoms with Gasteiger partial charge in [0.2, 0.25) is 0 Å². The number of hydrogen-bond donors (Lipinski definition) is 0. The number of benzene rings is 1. The van der Waals surface area contributed by atoms with Crippen molar-refractivity contribution in [3.05, 3.63) is 28.8 Å². The van der Waals surface area contributed by atoms with Gasteiger partial charge in [-0.25, -0.2) is 0 Å². The summed E-state index contributed by atoms with van der Waals surface area (Å²) < 4.78 is 0. The lowest BCUT2D eigenvalue weighted by Crippen LogP contribution is -2.42. The van der Waals surface area contributed by atoms with Crippen LogP contribution in [0.1, 0.15) is 37.0 Å². The summed E-state index contributed by atoms with van der Waals surface area (Å²) in [5.74, 6) is 0.655. The molecule has 2 atom stereocenters. The lowest BCUT2D eigenvalue weighted by Gasteiger charge is -2.40. The minimum absolute atomic E-state index is 0.459. The van der Waals surface area contributed by atoms with E-state index in [1.807, 2.05) is 12.1 Å². The number of hydrogen-bond acceptors (Lipinski definition) is 2. The molecular weight excluding hydrogens is 234 g/mol. The summed E-state index contributed by atoms with van der Waals surface area (Å²) >= 11 is 6.07. The van der Waals surface area contributed by atoms with E-state index in [4.69, 9.17) is 11.6 Å². The molecule has 0 radical (unpaired) electrons. The van der Waals surface area contributed by atoms with Gasteiger partial charge in [-0.1, -0.05) is 24.6 Å². The fraction of sp³-hybridized carbons (Fsp3) is 0.500. The third kappa shape index (κ3) is 2.32. The van der Waals surface area contributed by atoms with Crippen molar-refractivity contribution in [2.45, 2.75) is 32.7 Å². The maximum Gasteiger partial charge on any atom is 0.153 e. The molecule has 1 aromatic rings. The first-order chi connectivity index (χ1) is 8.15. The van der Waals surface area contributed by atoms with Crippen molar-refractivity contribution < 1.29 is 4.79 Å². The summed E-state index contributed by atoms with van der Waals surface area (Å²) in [5, 5.41) is 0.544. The summed E-state index contributed by atoms with van der Waals surface area (Å²) in [6.07, 6.45) is 3.30. The molecule has 0 N–H and O–H groups in total.